The molecule has 0 saturated carbocycles. The number of nitrogens with zero attached hydrogens (tertiary/aromatic N) is 1. The fourth-order valence-electron chi connectivity index (χ4n) is 1.48. The van der Waals surface area contributed by atoms with E-state index in [0.717, 1.165) is 5.56 Å². The molecule has 0 radical (unpaired) electrons. The summed E-state index contributed by atoms with van der Waals surface area (Å²) in [4.78, 5) is 0. The van der Waals surface area contributed by atoms with Gasteiger partial charge in [0.05, 0.1) is 25.7 Å². The van der Waals surface area contributed by atoms with Crippen LogP contribution in [0, 0.1) is 18.3 Å². The summed E-state index contributed by atoms with van der Waals surface area (Å²) in [5.74, 6) is 0.518. The zero-order valence-corrected chi connectivity index (χ0v) is 9.34. The molecule has 0 heterocycles. The van der Waals surface area contributed by atoms with E-state index in [1.807, 2.05) is 19.1 Å². The van der Waals surface area contributed by atoms with Gasteiger partial charge in [0.15, 0.2) is 0 Å². The van der Waals surface area contributed by atoms with Crippen molar-refractivity contribution in [3.63, 3.8) is 0 Å². The minimum absolute atomic E-state index is 0.113. The van der Waals surface area contributed by atoms with Crippen LogP contribution in [-0.4, -0.2) is 23.4 Å². The summed E-state index contributed by atoms with van der Waals surface area (Å²) < 4.78 is 5.12. The molecular weight excluding hydrogens is 206 g/mol. The molecule has 1 rings (SSSR count). The molecule has 0 spiro atoms. The summed E-state index contributed by atoms with van der Waals surface area (Å²) in [6, 6.07) is 7.11. The number of hydrogen-bond acceptors (Lipinski definition) is 4. The molecule has 4 heteroatoms. The largest absolute Gasteiger partial charge is 0.496 e. The number of aliphatic hydroxyl groups excluding tert-OH is 2. The Labute approximate surface area is 94.7 Å². The van der Waals surface area contributed by atoms with Gasteiger partial charge in [-0.05, 0) is 18.6 Å². The minimum atomic E-state index is -1.10. The molecule has 86 valence electrons. The molecule has 0 fully saturated rings. The maximum atomic E-state index is 9.84. The molecule has 4 nitrogen and oxygen atoms in total. The van der Waals surface area contributed by atoms with E-state index in [1.165, 1.54) is 7.11 Å². The second kappa shape index (κ2) is 5.50. The Kier molecular flexibility index (Phi) is 4.29. The molecule has 0 aliphatic rings. The third-order valence-corrected chi connectivity index (χ3v) is 2.37. The van der Waals surface area contributed by atoms with Crippen LogP contribution in [0.5, 0.6) is 5.75 Å². The van der Waals surface area contributed by atoms with Gasteiger partial charge >= 0.3 is 0 Å². The van der Waals surface area contributed by atoms with Crippen molar-refractivity contribution in [2.45, 2.75) is 25.6 Å². The van der Waals surface area contributed by atoms with E-state index in [4.69, 9.17) is 10.00 Å². The van der Waals surface area contributed by atoms with Crippen molar-refractivity contribution in [3.05, 3.63) is 29.3 Å². The molecule has 16 heavy (non-hydrogen) atoms. The van der Waals surface area contributed by atoms with Crippen LogP contribution in [0.25, 0.3) is 0 Å². The average Bonchev–Trinajstić information content (AvgIpc) is 2.28. The highest BCUT2D eigenvalue weighted by molar-refractivity contribution is 5.39. The van der Waals surface area contributed by atoms with Crippen LogP contribution in [-0.2, 0) is 0 Å². The normalized spacial score (nSPS) is 13.9. The van der Waals surface area contributed by atoms with Crippen molar-refractivity contribution in [1.82, 2.24) is 0 Å². The summed E-state index contributed by atoms with van der Waals surface area (Å²) in [6.45, 7) is 1.91. The summed E-state index contributed by atoms with van der Waals surface area (Å²) >= 11 is 0. The Morgan fingerprint density at radius 2 is 2.12 bits per heavy atom. The molecule has 0 saturated heterocycles. The lowest BCUT2D eigenvalue weighted by Crippen LogP contribution is -2.18. The van der Waals surface area contributed by atoms with Crippen LogP contribution in [0.4, 0.5) is 0 Å². The molecule has 0 aromatic heterocycles. The molecule has 2 atom stereocenters. The Balaban J connectivity index is 2.99. The van der Waals surface area contributed by atoms with Gasteiger partial charge in [0.1, 0.15) is 11.9 Å². The molecule has 2 unspecified atom stereocenters. The van der Waals surface area contributed by atoms with E-state index < -0.39 is 12.2 Å². The highest BCUT2D eigenvalue weighted by Gasteiger charge is 2.21. The van der Waals surface area contributed by atoms with E-state index in [1.54, 1.807) is 12.1 Å². The number of nitriles is 1. The highest BCUT2D eigenvalue weighted by atomic mass is 16.5. The fraction of sp³-hybridized carbons (Fsp3) is 0.417. The average molecular weight is 221 g/mol. The predicted octanol–water partition coefficient (Wildman–Crippen LogP) is 1.31. The zero-order chi connectivity index (χ0) is 12.1. The topological polar surface area (TPSA) is 73.5 Å². The highest BCUT2D eigenvalue weighted by Crippen LogP contribution is 2.29. The summed E-state index contributed by atoms with van der Waals surface area (Å²) in [5.41, 5.74) is 1.50. The zero-order valence-electron chi connectivity index (χ0n) is 9.34. The van der Waals surface area contributed by atoms with Gasteiger partial charge in [-0.25, -0.2) is 0 Å². The number of hydrogen-bond donors (Lipinski definition) is 2. The first-order valence-electron chi connectivity index (χ1n) is 4.97. The lowest BCUT2D eigenvalue weighted by Gasteiger charge is -2.18. The molecule has 1 aromatic carbocycles. The Hall–Kier alpha value is -1.57. The SMILES string of the molecule is COc1cc(C)ccc1C(O)C(O)CC#N. The van der Waals surface area contributed by atoms with Crippen molar-refractivity contribution in [2.75, 3.05) is 7.11 Å². The third kappa shape index (κ3) is 2.72. The lowest BCUT2D eigenvalue weighted by molar-refractivity contribution is 0.0202. The van der Waals surface area contributed by atoms with Crippen LogP contribution in [0.3, 0.4) is 0 Å². The number of ether oxygens (including phenoxy) is 1. The van der Waals surface area contributed by atoms with Crippen LogP contribution >= 0.6 is 0 Å². The molecule has 0 aliphatic heterocycles. The van der Waals surface area contributed by atoms with Gasteiger partial charge in [0, 0.05) is 5.56 Å². The molecule has 0 amide bonds. The van der Waals surface area contributed by atoms with Crippen molar-refractivity contribution in [2.24, 2.45) is 0 Å². The van der Waals surface area contributed by atoms with Crippen molar-refractivity contribution >= 4 is 0 Å². The third-order valence-electron chi connectivity index (χ3n) is 2.37. The van der Waals surface area contributed by atoms with E-state index in [0.29, 0.717) is 11.3 Å². The monoisotopic (exact) mass is 221 g/mol. The summed E-state index contributed by atoms with van der Waals surface area (Å²) in [6.07, 6.45) is -2.31. The van der Waals surface area contributed by atoms with E-state index in [2.05, 4.69) is 0 Å². The molecular formula is C12H15NO3. The number of rotatable bonds is 4. The van der Waals surface area contributed by atoms with Gasteiger partial charge in [0.2, 0.25) is 0 Å². The van der Waals surface area contributed by atoms with Crippen LogP contribution in [0.15, 0.2) is 18.2 Å². The second-order valence-corrected chi connectivity index (χ2v) is 3.62. The van der Waals surface area contributed by atoms with E-state index in [9.17, 15) is 10.2 Å². The van der Waals surface area contributed by atoms with Crippen molar-refractivity contribution in [3.8, 4) is 11.8 Å². The van der Waals surface area contributed by atoms with Gasteiger partial charge in [-0.2, -0.15) is 5.26 Å². The maximum Gasteiger partial charge on any atom is 0.125 e. The molecule has 0 bridgehead atoms. The summed E-state index contributed by atoms with van der Waals surface area (Å²) in [7, 11) is 1.50. The standard InChI is InChI=1S/C12H15NO3/c1-8-3-4-9(11(7-8)16-2)12(15)10(14)5-6-13/h3-4,7,10,12,14-15H,5H2,1-2H3. The van der Waals surface area contributed by atoms with Crippen molar-refractivity contribution < 1.29 is 14.9 Å². The van der Waals surface area contributed by atoms with Gasteiger partial charge in [-0.3, -0.25) is 0 Å². The van der Waals surface area contributed by atoms with Crippen LogP contribution in [0.1, 0.15) is 23.7 Å². The van der Waals surface area contributed by atoms with Crippen LogP contribution < -0.4 is 4.74 Å². The lowest BCUT2D eigenvalue weighted by atomic mass is 10.0. The summed E-state index contributed by atoms with van der Waals surface area (Å²) in [5, 5.41) is 27.8. The smallest absolute Gasteiger partial charge is 0.125 e. The number of aryl methyl sites for hydroxylation is 1. The fourth-order valence-corrected chi connectivity index (χ4v) is 1.48. The molecule has 0 aliphatic carbocycles. The minimum Gasteiger partial charge on any atom is -0.496 e. The van der Waals surface area contributed by atoms with Crippen LogP contribution in [0.2, 0.25) is 0 Å². The van der Waals surface area contributed by atoms with Gasteiger partial charge in [0.25, 0.3) is 0 Å². The van der Waals surface area contributed by atoms with Gasteiger partial charge in [-0.1, -0.05) is 12.1 Å². The number of methoxy groups -OCH3 is 1. The van der Waals surface area contributed by atoms with Gasteiger partial charge < -0.3 is 14.9 Å². The molecule has 2 N–H and O–H groups in total. The Morgan fingerprint density at radius 1 is 1.44 bits per heavy atom. The Morgan fingerprint density at radius 3 is 2.69 bits per heavy atom. The predicted molar refractivity (Wildman–Crippen MR) is 58.9 cm³/mol. The van der Waals surface area contributed by atoms with Gasteiger partial charge in [-0.15, -0.1) is 0 Å². The van der Waals surface area contributed by atoms with E-state index in [-0.39, 0.29) is 6.42 Å². The Bertz CT molecular complexity index is 398. The second-order valence-electron chi connectivity index (χ2n) is 3.62. The first-order valence-corrected chi connectivity index (χ1v) is 4.97. The number of aliphatic hydroxyl groups is 2. The first kappa shape index (κ1) is 12.5. The van der Waals surface area contributed by atoms with E-state index >= 15 is 0 Å². The number of benzene rings is 1. The molecule has 1 aromatic rings. The van der Waals surface area contributed by atoms with Crippen molar-refractivity contribution in [1.29, 1.82) is 5.26 Å². The first-order chi connectivity index (χ1) is 7.60. The quantitative estimate of drug-likeness (QED) is 0.804. The maximum absolute atomic E-state index is 9.84.